The summed E-state index contributed by atoms with van der Waals surface area (Å²) < 4.78 is 12.7. The lowest BCUT2D eigenvalue weighted by atomic mass is 10.0. The highest BCUT2D eigenvalue weighted by atomic mass is 35.5. The fourth-order valence-corrected chi connectivity index (χ4v) is 3.82. The first-order valence-corrected chi connectivity index (χ1v) is 9.58. The first kappa shape index (κ1) is 19.3. The Hall–Kier alpha value is -3.02. The minimum Gasteiger partial charge on any atom is -0.497 e. The normalized spacial score (nSPS) is 11.0. The maximum absolute atomic E-state index is 10.3. The second kappa shape index (κ2) is 8.15. The summed E-state index contributed by atoms with van der Waals surface area (Å²) in [7, 11) is 3.23. The molecule has 2 aromatic heterocycles. The molecule has 0 aliphatic carbocycles. The summed E-state index contributed by atoms with van der Waals surface area (Å²) >= 11 is 6.41. The van der Waals surface area contributed by atoms with Crippen molar-refractivity contribution in [2.24, 2.45) is 0 Å². The molecule has 4 rings (SSSR count). The number of fused-ring (bicyclic) bond motifs is 1. The Bertz CT molecular complexity index is 1150. The van der Waals surface area contributed by atoms with Crippen molar-refractivity contribution in [2.75, 3.05) is 14.2 Å². The van der Waals surface area contributed by atoms with Crippen LogP contribution in [0.3, 0.4) is 0 Å². The van der Waals surface area contributed by atoms with Gasteiger partial charge in [-0.3, -0.25) is 0 Å². The standard InChI is InChI=1S/C23H21ClN2O3/c1-28-17-8-9-18-20(11-17)26(13-16-5-3-4-6-19(16)24)21(14-27)23(18)15-7-10-22(29-2)25-12-15/h3-12,27H,13-14H2,1-2H3. The van der Waals surface area contributed by atoms with E-state index < -0.39 is 0 Å². The second-order valence-electron chi connectivity index (χ2n) is 6.63. The topological polar surface area (TPSA) is 56.5 Å². The average Bonchev–Trinajstić information content (AvgIpc) is 3.07. The SMILES string of the molecule is COc1ccc2c(-c3ccc(OC)nc3)c(CO)n(Cc3ccccc3Cl)c2c1. The number of aromatic nitrogens is 2. The first-order chi connectivity index (χ1) is 14.2. The number of hydrogen-bond donors (Lipinski definition) is 1. The van der Waals surface area contributed by atoms with Gasteiger partial charge in [0, 0.05) is 46.4 Å². The summed E-state index contributed by atoms with van der Waals surface area (Å²) in [5.41, 5.74) is 4.57. The van der Waals surface area contributed by atoms with Gasteiger partial charge in [-0.25, -0.2) is 4.98 Å². The van der Waals surface area contributed by atoms with E-state index in [2.05, 4.69) is 9.55 Å². The number of aliphatic hydroxyl groups excluding tert-OH is 1. The van der Waals surface area contributed by atoms with E-state index >= 15 is 0 Å². The van der Waals surface area contributed by atoms with E-state index in [0.29, 0.717) is 17.4 Å². The maximum Gasteiger partial charge on any atom is 0.212 e. The van der Waals surface area contributed by atoms with Crippen LogP contribution in [0.2, 0.25) is 5.02 Å². The van der Waals surface area contributed by atoms with E-state index in [0.717, 1.165) is 39.0 Å². The molecule has 0 atom stereocenters. The minimum atomic E-state index is -0.122. The molecule has 0 aliphatic rings. The number of halogens is 1. The lowest BCUT2D eigenvalue weighted by molar-refractivity contribution is 0.273. The van der Waals surface area contributed by atoms with Gasteiger partial charge in [0.2, 0.25) is 5.88 Å². The molecule has 2 aromatic carbocycles. The predicted octanol–water partition coefficient (Wildman–Crippen LogP) is 4.91. The summed E-state index contributed by atoms with van der Waals surface area (Å²) in [6.45, 7) is 0.408. The number of benzene rings is 2. The van der Waals surface area contributed by atoms with E-state index in [1.165, 1.54) is 0 Å². The molecule has 0 saturated heterocycles. The summed E-state index contributed by atoms with van der Waals surface area (Å²) in [5, 5.41) is 12.0. The van der Waals surface area contributed by atoms with Crippen LogP contribution in [-0.4, -0.2) is 28.9 Å². The number of aliphatic hydroxyl groups is 1. The monoisotopic (exact) mass is 408 g/mol. The molecular formula is C23H21ClN2O3. The Kier molecular flexibility index (Phi) is 5.43. The Morgan fingerprint density at radius 2 is 1.86 bits per heavy atom. The summed E-state index contributed by atoms with van der Waals surface area (Å²) in [6.07, 6.45) is 1.76. The Balaban J connectivity index is 1.96. The van der Waals surface area contributed by atoms with Gasteiger partial charge in [-0.15, -0.1) is 0 Å². The highest BCUT2D eigenvalue weighted by Gasteiger charge is 2.20. The van der Waals surface area contributed by atoms with Crippen molar-refractivity contribution in [1.29, 1.82) is 0 Å². The van der Waals surface area contributed by atoms with Crippen LogP contribution in [0, 0.1) is 0 Å². The van der Waals surface area contributed by atoms with Crippen molar-refractivity contribution in [3.63, 3.8) is 0 Å². The highest BCUT2D eigenvalue weighted by Crippen LogP contribution is 2.37. The molecule has 0 bridgehead atoms. The number of nitrogens with zero attached hydrogens (tertiary/aromatic N) is 2. The summed E-state index contributed by atoms with van der Waals surface area (Å²) in [6, 6.07) is 17.4. The van der Waals surface area contributed by atoms with Gasteiger partial charge in [0.15, 0.2) is 0 Å². The van der Waals surface area contributed by atoms with Crippen LogP contribution < -0.4 is 9.47 Å². The molecule has 5 nitrogen and oxygen atoms in total. The summed E-state index contributed by atoms with van der Waals surface area (Å²) in [4.78, 5) is 4.34. The molecule has 0 fully saturated rings. The Morgan fingerprint density at radius 1 is 1.03 bits per heavy atom. The number of rotatable bonds is 6. The molecule has 0 aliphatic heterocycles. The third-order valence-electron chi connectivity index (χ3n) is 5.05. The molecule has 1 N–H and O–H groups in total. The van der Waals surface area contributed by atoms with Crippen molar-refractivity contribution in [3.8, 4) is 22.8 Å². The van der Waals surface area contributed by atoms with Crippen molar-refractivity contribution in [3.05, 3.63) is 77.1 Å². The quantitative estimate of drug-likeness (QED) is 0.492. The average molecular weight is 409 g/mol. The van der Waals surface area contributed by atoms with Crippen molar-refractivity contribution in [2.45, 2.75) is 13.2 Å². The van der Waals surface area contributed by atoms with E-state index in [-0.39, 0.29) is 6.61 Å². The van der Waals surface area contributed by atoms with Gasteiger partial charge < -0.3 is 19.1 Å². The minimum absolute atomic E-state index is 0.122. The molecule has 2 heterocycles. The largest absolute Gasteiger partial charge is 0.497 e. The van der Waals surface area contributed by atoms with Gasteiger partial charge in [0.1, 0.15) is 5.75 Å². The third kappa shape index (κ3) is 3.55. The lowest BCUT2D eigenvalue weighted by Gasteiger charge is -2.12. The fraction of sp³-hybridized carbons (Fsp3) is 0.174. The zero-order valence-corrected chi connectivity index (χ0v) is 17.0. The Morgan fingerprint density at radius 3 is 2.52 bits per heavy atom. The van der Waals surface area contributed by atoms with Crippen LogP contribution in [0.5, 0.6) is 11.6 Å². The second-order valence-corrected chi connectivity index (χ2v) is 7.04. The third-order valence-corrected chi connectivity index (χ3v) is 5.42. The highest BCUT2D eigenvalue weighted by molar-refractivity contribution is 6.31. The number of hydrogen-bond acceptors (Lipinski definition) is 4. The molecule has 0 unspecified atom stereocenters. The molecule has 0 amide bonds. The van der Waals surface area contributed by atoms with E-state index in [9.17, 15) is 5.11 Å². The van der Waals surface area contributed by atoms with E-state index in [1.807, 2.05) is 54.6 Å². The van der Waals surface area contributed by atoms with Crippen molar-refractivity contribution in [1.82, 2.24) is 9.55 Å². The van der Waals surface area contributed by atoms with Gasteiger partial charge in [-0.1, -0.05) is 29.8 Å². The van der Waals surface area contributed by atoms with E-state index in [4.69, 9.17) is 21.1 Å². The number of methoxy groups -OCH3 is 2. The van der Waals surface area contributed by atoms with Gasteiger partial charge in [0.05, 0.1) is 32.0 Å². The van der Waals surface area contributed by atoms with E-state index in [1.54, 1.807) is 20.4 Å². The first-order valence-electron chi connectivity index (χ1n) is 9.20. The zero-order valence-electron chi connectivity index (χ0n) is 16.2. The molecule has 148 valence electrons. The zero-order chi connectivity index (χ0) is 20.4. The van der Waals surface area contributed by atoms with Gasteiger partial charge in [-0.2, -0.15) is 0 Å². The molecule has 6 heteroatoms. The maximum atomic E-state index is 10.3. The van der Waals surface area contributed by atoms with Gasteiger partial charge in [0.25, 0.3) is 0 Å². The van der Waals surface area contributed by atoms with Crippen LogP contribution in [0.1, 0.15) is 11.3 Å². The molecule has 29 heavy (non-hydrogen) atoms. The van der Waals surface area contributed by atoms with Crippen LogP contribution in [0.25, 0.3) is 22.0 Å². The van der Waals surface area contributed by atoms with Gasteiger partial charge in [-0.05, 0) is 29.8 Å². The van der Waals surface area contributed by atoms with Crippen molar-refractivity contribution >= 4 is 22.5 Å². The number of pyridine rings is 1. The van der Waals surface area contributed by atoms with Crippen molar-refractivity contribution < 1.29 is 14.6 Å². The van der Waals surface area contributed by atoms with Gasteiger partial charge >= 0.3 is 0 Å². The molecule has 0 radical (unpaired) electrons. The molecular weight excluding hydrogens is 388 g/mol. The molecule has 0 saturated carbocycles. The van der Waals surface area contributed by atoms with Crippen LogP contribution in [0.15, 0.2) is 60.8 Å². The summed E-state index contributed by atoms with van der Waals surface area (Å²) in [5.74, 6) is 1.29. The lowest BCUT2D eigenvalue weighted by Crippen LogP contribution is -2.05. The molecule has 0 spiro atoms. The molecule has 4 aromatic rings. The Labute approximate surface area is 174 Å². The smallest absolute Gasteiger partial charge is 0.212 e. The van der Waals surface area contributed by atoms with Crippen LogP contribution in [-0.2, 0) is 13.2 Å². The van der Waals surface area contributed by atoms with Crippen LogP contribution in [0.4, 0.5) is 0 Å². The fourth-order valence-electron chi connectivity index (χ4n) is 3.62. The van der Waals surface area contributed by atoms with Crippen LogP contribution >= 0.6 is 11.6 Å². The number of ether oxygens (including phenoxy) is 2. The predicted molar refractivity (Wildman–Crippen MR) is 115 cm³/mol.